The van der Waals surface area contributed by atoms with Crippen molar-refractivity contribution in [1.82, 2.24) is 0 Å². The second kappa shape index (κ2) is 7.54. The van der Waals surface area contributed by atoms with E-state index < -0.39 is 0 Å². The summed E-state index contributed by atoms with van der Waals surface area (Å²) in [5, 5.41) is 3.58. The lowest BCUT2D eigenvalue weighted by atomic mass is 10.1. The lowest BCUT2D eigenvalue weighted by molar-refractivity contribution is 0.146. The van der Waals surface area contributed by atoms with E-state index in [4.69, 9.17) is 9.47 Å². The fraction of sp³-hybridized carbons (Fsp3) is 0.571. The summed E-state index contributed by atoms with van der Waals surface area (Å²) < 4.78 is 10.6. The molecule has 0 aliphatic carbocycles. The summed E-state index contributed by atoms with van der Waals surface area (Å²) in [4.78, 5) is 0. The molecule has 0 aromatic heterocycles. The molecule has 0 amide bonds. The van der Waals surface area contributed by atoms with Crippen molar-refractivity contribution in [3.8, 4) is 5.75 Å². The van der Waals surface area contributed by atoms with Gasteiger partial charge in [-0.25, -0.2) is 0 Å². The average Bonchev–Trinajstić information content (AvgIpc) is 2.41. The highest BCUT2D eigenvalue weighted by molar-refractivity contribution is 7.99. The third-order valence-electron chi connectivity index (χ3n) is 2.92. The number of hydrogen-bond donors (Lipinski definition) is 1. The van der Waals surface area contributed by atoms with Crippen molar-refractivity contribution in [2.24, 2.45) is 0 Å². The van der Waals surface area contributed by atoms with Gasteiger partial charge in [0, 0.05) is 30.7 Å². The highest BCUT2D eigenvalue weighted by Crippen LogP contribution is 2.23. The van der Waals surface area contributed by atoms with Gasteiger partial charge in [-0.3, -0.25) is 0 Å². The average molecular weight is 267 g/mol. The molecule has 2 rings (SSSR count). The van der Waals surface area contributed by atoms with Gasteiger partial charge in [0.2, 0.25) is 0 Å². The summed E-state index contributed by atoms with van der Waals surface area (Å²) in [5.41, 5.74) is 1.15. The van der Waals surface area contributed by atoms with Crippen LogP contribution in [0.1, 0.15) is 12.8 Å². The van der Waals surface area contributed by atoms with Crippen LogP contribution in [0.3, 0.4) is 0 Å². The maximum absolute atomic E-state index is 5.61. The molecule has 1 unspecified atom stereocenters. The Balaban J connectivity index is 1.85. The lowest BCUT2D eigenvalue weighted by Gasteiger charge is -2.23. The fourth-order valence-electron chi connectivity index (χ4n) is 2.01. The summed E-state index contributed by atoms with van der Waals surface area (Å²) in [5.74, 6) is 3.41. The van der Waals surface area contributed by atoms with Crippen LogP contribution in [0.5, 0.6) is 5.75 Å². The Morgan fingerprint density at radius 2 is 2.33 bits per heavy atom. The molecule has 0 spiro atoms. The van der Waals surface area contributed by atoms with Gasteiger partial charge in [0.15, 0.2) is 0 Å². The van der Waals surface area contributed by atoms with Gasteiger partial charge >= 0.3 is 0 Å². The van der Waals surface area contributed by atoms with Crippen LogP contribution in [0.4, 0.5) is 5.69 Å². The van der Waals surface area contributed by atoms with Crippen molar-refractivity contribution in [3.63, 3.8) is 0 Å². The van der Waals surface area contributed by atoms with Gasteiger partial charge in [0.25, 0.3) is 0 Å². The number of thioether (sulfide) groups is 1. The molecule has 1 aliphatic heterocycles. The van der Waals surface area contributed by atoms with Gasteiger partial charge in [-0.2, -0.15) is 11.8 Å². The molecule has 1 aromatic carbocycles. The molecule has 1 heterocycles. The zero-order valence-electron chi connectivity index (χ0n) is 10.9. The minimum Gasteiger partial charge on any atom is -0.491 e. The van der Waals surface area contributed by atoms with E-state index in [1.54, 1.807) is 7.11 Å². The van der Waals surface area contributed by atoms with Crippen molar-refractivity contribution in [1.29, 1.82) is 0 Å². The number of ether oxygens (including phenoxy) is 2. The first-order chi connectivity index (χ1) is 8.88. The molecule has 18 heavy (non-hydrogen) atoms. The predicted octanol–water partition coefficient (Wildman–Crippen LogP) is 3.02. The van der Waals surface area contributed by atoms with E-state index in [9.17, 15) is 0 Å². The van der Waals surface area contributed by atoms with Gasteiger partial charge in [0.1, 0.15) is 12.4 Å². The maximum atomic E-state index is 5.61. The Labute approximate surface area is 113 Å². The first-order valence-electron chi connectivity index (χ1n) is 6.44. The zero-order chi connectivity index (χ0) is 12.6. The minimum atomic E-state index is 0.595. The molecule has 1 aliphatic rings. The number of rotatable bonds is 6. The topological polar surface area (TPSA) is 30.5 Å². The number of hydrogen-bond acceptors (Lipinski definition) is 4. The molecular formula is C14H21NO2S. The van der Waals surface area contributed by atoms with E-state index in [-0.39, 0.29) is 0 Å². The molecular weight excluding hydrogens is 246 g/mol. The van der Waals surface area contributed by atoms with Crippen molar-refractivity contribution in [3.05, 3.63) is 24.3 Å². The molecule has 0 saturated carbocycles. The van der Waals surface area contributed by atoms with E-state index in [1.165, 1.54) is 24.3 Å². The van der Waals surface area contributed by atoms with Crippen LogP contribution in [0.25, 0.3) is 0 Å². The molecule has 1 atom stereocenters. The Kier molecular flexibility index (Phi) is 5.68. The number of anilines is 1. The first-order valence-corrected chi connectivity index (χ1v) is 7.60. The standard InChI is InChI=1S/C14H21NO2S/c1-16-7-8-17-14-6-2-4-12(10-14)15-13-5-3-9-18-11-13/h2,4,6,10,13,15H,3,5,7-9,11H2,1H3. The Hall–Kier alpha value is -0.870. The van der Waals surface area contributed by atoms with Crippen molar-refractivity contribution < 1.29 is 9.47 Å². The third-order valence-corrected chi connectivity index (χ3v) is 4.14. The fourth-order valence-corrected chi connectivity index (χ4v) is 3.08. The molecule has 1 fully saturated rings. The number of nitrogens with one attached hydrogen (secondary N) is 1. The number of methoxy groups -OCH3 is 1. The molecule has 1 saturated heterocycles. The SMILES string of the molecule is COCCOc1cccc(NC2CCCSC2)c1. The Bertz CT molecular complexity index is 353. The smallest absolute Gasteiger partial charge is 0.121 e. The molecule has 0 radical (unpaired) electrons. The van der Waals surface area contributed by atoms with Crippen LogP contribution < -0.4 is 10.1 Å². The van der Waals surface area contributed by atoms with Gasteiger partial charge in [-0.15, -0.1) is 0 Å². The summed E-state index contributed by atoms with van der Waals surface area (Å²) in [6.45, 7) is 1.22. The van der Waals surface area contributed by atoms with Crippen LogP contribution in [0, 0.1) is 0 Å². The summed E-state index contributed by atoms with van der Waals surface area (Å²) in [7, 11) is 1.68. The second-order valence-electron chi connectivity index (χ2n) is 4.43. The highest BCUT2D eigenvalue weighted by Gasteiger charge is 2.13. The Morgan fingerprint density at radius 1 is 1.39 bits per heavy atom. The molecule has 0 bridgehead atoms. The monoisotopic (exact) mass is 267 g/mol. The van der Waals surface area contributed by atoms with Crippen LogP contribution >= 0.6 is 11.8 Å². The quantitative estimate of drug-likeness (QED) is 0.803. The number of benzene rings is 1. The van der Waals surface area contributed by atoms with E-state index in [2.05, 4.69) is 17.4 Å². The molecule has 4 heteroatoms. The van der Waals surface area contributed by atoms with Crippen LogP contribution in [0.2, 0.25) is 0 Å². The molecule has 3 nitrogen and oxygen atoms in total. The van der Waals surface area contributed by atoms with E-state index in [1.807, 2.05) is 23.9 Å². The summed E-state index contributed by atoms with van der Waals surface area (Å²) >= 11 is 2.03. The minimum absolute atomic E-state index is 0.595. The largest absolute Gasteiger partial charge is 0.491 e. The molecule has 100 valence electrons. The van der Waals surface area contributed by atoms with Crippen molar-refractivity contribution in [2.45, 2.75) is 18.9 Å². The van der Waals surface area contributed by atoms with Crippen molar-refractivity contribution >= 4 is 17.4 Å². The third kappa shape index (κ3) is 4.42. The van der Waals surface area contributed by atoms with E-state index in [0.717, 1.165) is 11.4 Å². The van der Waals surface area contributed by atoms with Crippen molar-refractivity contribution in [2.75, 3.05) is 37.1 Å². The van der Waals surface area contributed by atoms with Gasteiger partial charge in [-0.05, 0) is 30.7 Å². The van der Waals surface area contributed by atoms with E-state index >= 15 is 0 Å². The Morgan fingerprint density at radius 3 is 3.11 bits per heavy atom. The predicted molar refractivity (Wildman–Crippen MR) is 77.8 cm³/mol. The summed E-state index contributed by atoms with van der Waals surface area (Å²) in [6.07, 6.45) is 2.58. The molecule has 1 aromatic rings. The van der Waals surface area contributed by atoms with E-state index in [0.29, 0.717) is 19.3 Å². The summed E-state index contributed by atoms with van der Waals surface area (Å²) in [6, 6.07) is 8.77. The van der Waals surface area contributed by atoms with Gasteiger partial charge in [0.05, 0.1) is 6.61 Å². The molecule has 1 N–H and O–H groups in total. The zero-order valence-corrected chi connectivity index (χ0v) is 11.7. The lowest BCUT2D eigenvalue weighted by Crippen LogP contribution is -2.25. The van der Waals surface area contributed by atoms with Gasteiger partial charge < -0.3 is 14.8 Å². The van der Waals surface area contributed by atoms with Crippen LogP contribution in [-0.4, -0.2) is 37.9 Å². The second-order valence-corrected chi connectivity index (χ2v) is 5.58. The highest BCUT2D eigenvalue weighted by atomic mass is 32.2. The van der Waals surface area contributed by atoms with Gasteiger partial charge in [-0.1, -0.05) is 6.07 Å². The first kappa shape index (κ1) is 13.6. The van der Waals surface area contributed by atoms with Crippen LogP contribution in [0.15, 0.2) is 24.3 Å². The maximum Gasteiger partial charge on any atom is 0.121 e. The van der Waals surface area contributed by atoms with Crippen LogP contribution in [-0.2, 0) is 4.74 Å². The normalized spacial score (nSPS) is 19.5.